The molecule has 1 saturated heterocycles. The van der Waals surface area contributed by atoms with Gasteiger partial charge in [0.1, 0.15) is 0 Å². The first-order valence-corrected chi connectivity index (χ1v) is 7.78. The maximum absolute atomic E-state index is 6.32. The van der Waals surface area contributed by atoms with Gasteiger partial charge in [0.15, 0.2) is 11.5 Å². The van der Waals surface area contributed by atoms with E-state index in [4.69, 9.17) is 15.2 Å². The molecule has 0 aliphatic carbocycles. The van der Waals surface area contributed by atoms with Gasteiger partial charge in [0.05, 0.1) is 0 Å². The molecule has 5 heteroatoms. The number of hydrogen-bond acceptors (Lipinski definition) is 5. The first-order chi connectivity index (χ1) is 10.2. The number of rotatable bonds is 6. The molecular formula is C16H25N3O2. The Bertz CT molecular complexity index is 475. The number of hydrogen-bond donors (Lipinski definition) is 1. The van der Waals surface area contributed by atoms with Gasteiger partial charge in [-0.1, -0.05) is 6.07 Å². The molecule has 3 rings (SSSR count). The molecular weight excluding hydrogens is 266 g/mol. The highest BCUT2D eigenvalue weighted by Crippen LogP contribution is 2.33. The fourth-order valence-electron chi connectivity index (χ4n) is 2.99. The molecule has 2 N–H and O–H groups in total. The van der Waals surface area contributed by atoms with Crippen molar-refractivity contribution in [3.63, 3.8) is 0 Å². The van der Waals surface area contributed by atoms with Crippen LogP contribution in [0, 0.1) is 0 Å². The second-order valence-electron chi connectivity index (χ2n) is 6.03. The lowest BCUT2D eigenvalue weighted by Crippen LogP contribution is -2.35. The number of nitrogens with two attached hydrogens (primary N) is 1. The third kappa shape index (κ3) is 3.67. The van der Waals surface area contributed by atoms with Gasteiger partial charge in [-0.15, -0.1) is 0 Å². The second-order valence-corrected chi connectivity index (χ2v) is 6.03. The molecule has 0 bridgehead atoms. The van der Waals surface area contributed by atoms with Crippen LogP contribution in [0.2, 0.25) is 0 Å². The number of fused-ring (bicyclic) bond motifs is 1. The zero-order chi connectivity index (χ0) is 14.7. The Balaban J connectivity index is 1.49. The number of nitrogens with zero attached hydrogens (tertiary/aromatic N) is 2. The van der Waals surface area contributed by atoms with Crippen molar-refractivity contribution in [1.82, 2.24) is 9.80 Å². The maximum atomic E-state index is 6.32. The van der Waals surface area contributed by atoms with Gasteiger partial charge in [0.2, 0.25) is 6.79 Å². The molecule has 0 amide bonds. The van der Waals surface area contributed by atoms with Crippen molar-refractivity contribution in [2.45, 2.75) is 18.9 Å². The summed E-state index contributed by atoms with van der Waals surface area (Å²) in [6, 6.07) is 5.98. The van der Waals surface area contributed by atoms with Gasteiger partial charge in [-0.3, -0.25) is 0 Å². The van der Waals surface area contributed by atoms with Crippen LogP contribution in [-0.2, 0) is 0 Å². The van der Waals surface area contributed by atoms with Gasteiger partial charge < -0.3 is 25.0 Å². The molecule has 2 heterocycles. The quantitative estimate of drug-likeness (QED) is 0.859. The van der Waals surface area contributed by atoms with Crippen LogP contribution in [-0.4, -0.2) is 56.4 Å². The van der Waals surface area contributed by atoms with Gasteiger partial charge in [0.25, 0.3) is 0 Å². The van der Waals surface area contributed by atoms with Crippen LogP contribution in [0.3, 0.4) is 0 Å². The summed E-state index contributed by atoms with van der Waals surface area (Å²) in [7, 11) is 2.14. The van der Waals surface area contributed by atoms with Crippen LogP contribution >= 0.6 is 0 Å². The topological polar surface area (TPSA) is 51.0 Å². The highest BCUT2D eigenvalue weighted by atomic mass is 16.7. The van der Waals surface area contributed by atoms with Crippen molar-refractivity contribution < 1.29 is 9.47 Å². The summed E-state index contributed by atoms with van der Waals surface area (Å²) >= 11 is 0. The Morgan fingerprint density at radius 1 is 1.24 bits per heavy atom. The number of likely N-dealkylation sites (tertiary alicyclic amines) is 1. The molecule has 2 aliphatic heterocycles. The van der Waals surface area contributed by atoms with Crippen LogP contribution < -0.4 is 15.2 Å². The fraction of sp³-hybridized carbons (Fsp3) is 0.625. The number of ether oxygens (including phenoxy) is 2. The summed E-state index contributed by atoms with van der Waals surface area (Å²) in [5.41, 5.74) is 7.43. The van der Waals surface area contributed by atoms with E-state index >= 15 is 0 Å². The van der Waals surface area contributed by atoms with E-state index in [0.29, 0.717) is 6.79 Å². The first kappa shape index (κ1) is 14.6. The average Bonchev–Trinajstić information content (AvgIpc) is 3.15. The van der Waals surface area contributed by atoms with Crippen molar-refractivity contribution in [3.8, 4) is 11.5 Å². The zero-order valence-corrected chi connectivity index (χ0v) is 12.8. The third-order valence-corrected chi connectivity index (χ3v) is 4.33. The summed E-state index contributed by atoms with van der Waals surface area (Å²) in [4.78, 5) is 4.84. The first-order valence-electron chi connectivity index (χ1n) is 7.78. The molecule has 21 heavy (non-hydrogen) atoms. The summed E-state index contributed by atoms with van der Waals surface area (Å²) in [5, 5.41) is 0. The van der Waals surface area contributed by atoms with Crippen molar-refractivity contribution >= 4 is 0 Å². The average molecular weight is 291 g/mol. The molecule has 1 unspecified atom stereocenters. The van der Waals surface area contributed by atoms with E-state index in [1.165, 1.54) is 25.9 Å². The molecule has 2 aliphatic rings. The summed E-state index contributed by atoms with van der Waals surface area (Å²) < 4.78 is 10.7. The standard InChI is InChI=1S/C16H25N3O2/c1-18(8-9-19-6-2-3-7-19)11-14(17)13-4-5-15-16(10-13)21-12-20-15/h4-5,10,14H,2-3,6-9,11-12,17H2,1H3. The van der Waals surface area contributed by atoms with Crippen LogP contribution in [0.1, 0.15) is 24.4 Å². The Labute approximate surface area is 126 Å². The van der Waals surface area contributed by atoms with Crippen molar-refractivity contribution in [3.05, 3.63) is 23.8 Å². The summed E-state index contributed by atoms with van der Waals surface area (Å²) in [6.07, 6.45) is 2.70. The van der Waals surface area contributed by atoms with Crippen molar-refractivity contribution in [1.29, 1.82) is 0 Å². The monoisotopic (exact) mass is 291 g/mol. The van der Waals surface area contributed by atoms with E-state index < -0.39 is 0 Å². The minimum atomic E-state index is 0.00285. The SMILES string of the molecule is CN(CCN1CCCC1)CC(N)c1ccc2c(c1)OCO2. The predicted octanol–water partition coefficient (Wildman–Crippen LogP) is 1.44. The molecule has 0 aromatic heterocycles. The van der Waals surface area contributed by atoms with Gasteiger partial charge >= 0.3 is 0 Å². The predicted molar refractivity (Wildman–Crippen MR) is 82.7 cm³/mol. The molecule has 5 nitrogen and oxygen atoms in total. The van der Waals surface area contributed by atoms with E-state index in [1.807, 2.05) is 18.2 Å². The summed E-state index contributed by atoms with van der Waals surface area (Å²) in [6.45, 7) is 5.88. The minimum Gasteiger partial charge on any atom is -0.454 e. The highest BCUT2D eigenvalue weighted by Gasteiger charge is 2.17. The molecule has 116 valence electrons. The second kappa shape index (κ2) is 6.64. The molecule has 0 saturated carbocycles. The summed E-state index contributed by atoms with van der Waals surface area (Å²) in [5.74, 6) is 1.62. The lowest BCUT2D eigenvalue weighted by molar-refractivity contribution is 0.174. The van der Waals surface area contributed by atoms with Crippen LogP contribution in [0.4, 0.5) is 0 Å². The highest BCUT2D eigenvalue weighted by molar-refractivity contribution is 5.45. The normalized spacial score (nSPS) is 19.4. The van der Waals surface area contributed by atoms with Crippen LogP contribution in [0.5, 0.6) is 11.5 Å². The molecule has 0 spiro atoms. The largest absolute Gasteiger partial charge is 0.454 e. The molecule has 1 fully saturated rings. The van der Waals surface area contributed by atoms with Gasteiger partial charge in [-0.05, 0) is 50.7 Å². The Morgan fingerprint density at radius 2 is 2.00 bits per heavy atom. The lowest BCUT2D eigenvalue weighted by Gasteiger charge is -2.24. The molecule has 1 atom stereocenters. The van der Waals surface area contributed by atoms with E-state index in [1.54, 1.807) is 0 Å². The number of likely N-dealkylation sites (N-methyl/N-ethyl adjacent to an activating group) is 1. The van der Waals surface area contributed by atoms with Crippen LogP contribution in [0.15, 0.2) is 18.2 Å². The number of benzene rings is 1. The van der Waals surface area contributed by atoms with Gasteiger partial charge in [0, 0.05) is 25.7 Å². The van der Waals surface area contributed by atoms with Crippen molar-refractivity contribution in [2.24, 2.45) is 5.73 Å². The van der Waals surface area contributed by atoms with Gasteiger partial charge in [-0.25, -0.2) is 0 Å². The smallest absolute Gasteiger partial charge is 0.231 e. The van der Waals surface area contributed by atoms with E-state index in [0.717, 1.165) is 36.7 Å². The van der Waals surface area contributed by atoms with E-state index in [9.17, 15) is 0 Å². The molecule has 1 aromatic rings. The third-order valence-electron chi connectivity index (χ3n) is 4.33. The maximum Gasteiger partial charge on any atom is 0.231 e. The molecule has 0 radical (unpaired) electrons. The Morgan fingerprint density at radius 3 is 2.81 bits per heavy atom. The van der Waals surface area contributed by atoms with Gasteiger partial charge in [-0.2, -0.15) is 0 Å². The minimum absolute atomic E-state index is 0.00285. The van der Waals surface area contributed by atoms with Crippen molar-refractivity contribution in [2.75, 3.05) is 46.6 Å². The zero-order valence-electron chi connectivity index (χ0n) is 12.8. The Kier molecular flexibility index (Phi) is 4.63. The fourth-order valence-corrected chi connectivity index (χ4v) is 2.99. The van der Waals surface area contributed by atoms with Crippen LogP contribution in [0.25, 0.3) is 0 Å². The molecule has 1 aromatic carbocycles. The van der Waals surface area contributed by atoms with E-state index in [-0.39, 0.29) is 6.04 Å². The lowest BCUT2D eigenvalue weighted by atomic mass is 10.1. The Hall–Kier alpha value is -1.30. The van der Waals surface area contributed by atoms with E-state index in [2.05, 4.69) is 16.8 Å².